The number of carbonyl (C=O) groups excluding carboxylic acids is 2. The molecule has 0 aliphatic heterocycles. The van der Waals surface area contributed by atoms with Crippen molar-refractivity contribution in [1.29, 1.82) is 0 Å². The van der Waals surface area contributed by atoms with Gasteiger partial charge in [0.1, 0.15) is 23.0 Å². The lowest BCUT2D eigenvalue weighted by Gasteiger charge is -2.14. The molecule has 5 aromatic carbocycles. The fraction of sp³-hybridized carbons (Fsp3) is 0.0588. The van der Waals surface area contributed by atoms with Gasteiger partial charge in [0.05, 0.1) is 11.4 Å². The molecule has 0 aliphatic rings. The quantitative estimate of drug-likeness (QED) is 0.104. The number of rotatable bonds is 12. The van der Waals surface area contributed by atoms with Gasteiger partial charge in [0.15, 0.2) is 0 Å². The van der Waals surface area contributed by atoms with Crippen LogP contribution in [0.25, 0.3) is 0 Å². The molecule has 0 unspecified atom stereocenters. The molecule has 5 rings (SSSR count). The lowest BCUT2D eigenvalue weighted by Crippen LogP contribution is -2.23. The molecule has 0 aliphatic carbocycles. The Morgan fingerprint density at radius 1 is 0.458 bits per heavy atom. The van der Waals surface area contributed by atoms with Crippen molar-refractivity contribution in [3.05, 3.63) is 145 Å². The summed E-state index contributed by atoms with van der Waals surface area (Å²) >= 11 is 0. The van der Waals surface area contributed by atoms with Crippen molar-refractivity contribution in [2.45, 2.75) is 11.5 Å². The summed E-state index contributed by atoms with van der Waals surface area (Å²) in [6, 6.07) is 34.1. The van der Waals surface area contributed by atoms with Crippen molar-refractivity contribution >= 4 is 55.0 Å². The number of hydrogen-bond acceptors (Lipinski definition) is 8. The second-order valence-electron chi connectivity index (χ2n) is 10.3. The van der Waals surface area contributed by atoms with Crippen LogP contribution in [-0.2, 0) is 31.7 Å². The third-order valence-electron chi connectivity index (χ3n) is 6.43. The Balaban J connectivity index is 1.17. The van der Waals surface area contributed by atoms with E-state index in [1.54, 1.807) is 97.1 Å². The van der Waals surface area contributed by atoms with Crippen LogP contribution in [0.15, 0.2) is 133 Å². The summed E-state index contributed by atoms with van der Waals surface area (Å²) in [5, 5.41) is 10.5. The largest absolute Gasteiger partial charge is 0.382 e. The van der Waals surface area contributed by atoms with Gasteiger partial charge in [-0.3, -0.25) is 0 Å². The number of benzene rings is 5. The topological polar surface area (TPSA) is 169 Å². The Hall–Kier alpha value is -5.86. The maximum Gasteiger partial charge on any atom is 0.323 e. The Kier molecular flexibility index (Phi) is 10.6. The average molecular weight is 687 g/mol. The highest BCUT2D eigenvalue weighted by Gasteiger charge is 2.17. The molecule has 0 bridgehead atoms. The maximum absolute atomic E-state index is 12.8. The van der Waals surface area contributed by atoms with Crippen molar-refractivity contribution in [3.8, 4) is 11.5 Å². The molecule has 0 radical (unpaired) electrons. The van der Waals surface area contributed by atoms with Gasteiger partial charge in [0, 0.05) is 23.5 Å². The van der Waals surface area contributed by atoms with Crippen LogP contribution >= 0.6 is 0 Å². The average Bonchev–Trinajstić information content (AvgIpc) is 3.02. The molecule has 0 spiro atoms. The van der Waals surface area contributed by atoms with E-state index in [4.69, 9.17) is 8.37 Å². The molecule has 4 amide bonds. The zero-order chi connectivity index (χ0) is 34.0. The van der Waals surface area contributed by atoms with E-state index in [-0.39, 0.29) is 45.8 Å². The fourth-order valence-corrected chi connectivity index (χ4v) is 6.54. The highest BCUT2D eigenvalue weighted by Crippen LogP contribution is 2.25. The van der Waals surface area contributed by atoms with Gasteiger partial charge in [-0.25, -0.2) is 9.59 Å². The van der Waals surface area contributed by atoms with Crippen LogP contribution in [0.4, 0.5) is 32.3 Å². The smallest absolute Gasteiger partial charge is 0.323 e. The van der Waals surface area contributed by atoms with E-state index in [9.17, 15) is 26.4 Å². The monoisotopic (exact) mass is 686 g/mol. The van der Waals surface area contributed by atoms with Crippen molar-refractivity contribution in [1.82, 2.24) is 0 Å². The van der Waals surface area contributed by atoms with Crippen molar-refractivity contribution in [3.63, 3.8) is 0 Å². The van der Waals surface area contributed by atoms with Gasteiger partial charge in [-0.15, -0.1) is 0 Å². The predicted octanol–water partition coefficient (Wildman–Crippen LogP) is 6.79. The van der Waals surface area contributed by atoms with Crippen LogP contribution in [0.3, 0.4) is 0 Å². The van der Waals surface area contributed by atoms with Crippen LogP contribution in [0.1, 0.15) is 11.1 Å². The van der Waals surface area contributed by atoms with E-state index in [1.807, 2.05) is 0 Å². The molecule has 0 atom stereocenters. The molecule has 0 saturated heterocycles. The highest BCUT2D eigenvalue weighted by molar-refractivity contribution is 7.86. The number of urea groups is 2. The fourth-order valence-electron chi connectivity index (χ4n) is 4.43. The van der Waals surface area contributed by atoms with E-state index in [2.05, 4.69) is 21.3 Å². The van der Waals surface area contributed by atoms with Crippen LogP contribution in [0.2, 0.25) is 0 Å². The summed E-state index contributed by atoms with van der Waals surface area (Å²) in [6.45, 7) is 0. The predicted molar refractivity (Wildman–Crippen MR) is 184 cm³/mol. The highest BCUT2D eigenvalue weighted by atomic mass is 32.2. The van der Waals surface area contributed by atoms with Gasteiger partial charge >= 0.3 is 32.3 Å². The van der Waals surface area contributed by atoms with Gasteiger partial charge in [0.2, 0.25) is 0 Å². The van der Waals surface area contributed by atoms with E-state index in [1.165, 1.54) is 36.4 Å². The van der Waals surface area contributed by atoms with E-state index < -0.39 is 32.3 Å². The van der Waals surface area contributed by atoms with E-state index >= 15 is 0 Å². The Bertz CT molecular complexity index is 1960. The molecule has 0 saturated carbocycles. The molecule has 0 heterocycles. The van der Waals surface area contributed by atoms with Gasteiger partial charge in [0.25, 0.3) is 0 Å². The number of para-hydroxylation sites is 2. The van der Waals surface area contributed by atoms with Crippen molar-refractivity contribution in [2.75, 3.05) is 21.3 Å². The Morgan fingerprint density at radius 3 is 1.23 bits per heavy atom. The number of nitrogens with one attached hydrogen (secondary N) is 4. The summed E-state index contributed by atoms with van der Waals surface area (Å²) in [5.74, 6) is -0.602. The third kappa shape index (κ3) is 10.3. The van der Waals surface area contributed by atoms with Crippen molar-refractivity contribution < 1.29 is 34.8 Å². The van der Waals surface area contributed by atoms with E-state index in [0.29, 0.717) is 11.1 Å². The standard InChI is InChI=1S/C34H30N4O8S2/c39-33(35-27-15-9-17-29(21-27)45-47(41,42)23-25-11-3-1-4-12-25)37-31-19-7-8-20-32(31)38-34(40)36-28-16-10-18-30(22-28)46-48(43,44)24-26-13-5-2-6-14-26/h1-22H,23-24H2,(H2,35,37,39)(H2,36,38,40). The minimum absolute atomic E-state index is 0.0192. The maximum atomic E-state index is 12.8. The van der Waals surface area contributed by atoms with Crippen LogP contribution in [0, 0.1) is 0 Å². The first kappa shape index (κ1) is 33.5. The Morgan fingerprint density at radius 2 is 0.833 bits per heavy atom. The first-order valence-electron chi connectivity index (χ1n) is 14.4. The summed E-state index contributed by atoms with van der Waals surface area (Å²) in [5.41, 5.74) is 2.17. The zero-order valence-electron chi connectivity index (χ0n) is 25.2. The molecule has 0 aromatic heterocycles. The second-order valence-corrected chi connectivity index (χ2v) is 13.4. The Labute approximate surface area is 278 Å². The van der Waals surface area contributed by atoms with Gasteiger partial charge in [-0.1, -0.05) is 84.9 Å². The number of amides is 4. The van der Waals surface area contributed by atoms with Crippen LogP contribution < -0.4 is 29.6 Å². The molecule has 246 valence electrons. The second kappa shape index (κ2) is 15.2. The number of anilines is 4. The number of hydrogen-bond donors (Lipinski definition) is 4. The molecule has 14 heteroatoms. The molecule has 0 fully saturated rings. The lowest BCUT2D eigenvalue weighted by molar-refractivity contribution is 0.261. The molecular weight excluding hydrogens is 657 g/mol. The lowest BCUT2D eigenvalue weighted by atomic mass is 10.2. The molecular formula is C34H30N4O8S2. The molecule has 48 heavy (non-hydrogen) atoms. The minimum Gasteiger partial charge on any atom is -0.382 e. The number of carbonyl (C=O) groups is 2. The SMILES string of the molecule is O=C(Nc1cccc(OS(=O)(=O)Cc2ccccc2)c1)Nc1ccccc1NC(=O)Nc1cccc(OS(=O)(=O)Cc2ccccc2)c1. The van der Waals surface area contributed by atoms with Gasteiger partial charge < -0.3 is 29.6 Å². The van der Waals surface area contributed by atoms with Crippen LogP contribution in [-0.4, -0.2) is 28.9 Å². The van der Waals surface area contributed by atoms with Gasteiger partial charge in [-0.05, 0) is 47.5 Å². The molecule has 5 aromatic rings. The van der Waals surface area contributed by atoms with E-state index in [0.717, 1.165) is 0 Å². The summed E-state index contributed by atoms with van der Waals surface area (Å²) in [4.78, 5) is 25.7. The minimum atomic E-state index is -3.95. The first-order valence-corrected chi connectivity index (χ1v) is 17.5. The first-order chi connectivity index (χ1) is 23.0. The summed E-state index contributed by atoms with van der Waals surface area (Å²) in [6.07, 6.45) is 0. The summed E-state index contributed by atoms with van der Waals surface area (Å²) < 4.78 is 60.5. The summed E-state index contributed by atoms with van der Waals surface area (Å²) in [7, 11) is -7.90. The molecule has 12 nitrogen and oxygen atoms in total. The normalized spacial score (nSPS) is 11.2. The zero-order valence-corrected chi connectivity index (χ0v) is 26.8. The van der Waals surface area contributed by atoms with Gasteiger partial charge in [-0.2, -0.15) is 16.8 Å². The molecule has 4 N–H and O–H groups in total. The third-order valence-corrected chi connectivity index (χ3v) is 8.69. The van der Waals surface area contributed by atoms with Crippen molar-refractivity contribution in [2.24, 2.45) is 0 Å². The van der Waals surface area contributed by atoms with Crippen LogP contribution in [0.5, 0.6) is 11.5 Å².